The molecular weight excluding hydrogens is 394 g/mol. The van der Waals surface area contributed by atoms with Crippen LogP contribution in [-0.4, -0.2) is 43.8 Å². The summed E-state index contributed by atoms with van der Waals surface area (Å²) in [7, 11) is 2.97. The topological polar surface area (TPSA) is 65.1 Å². The van der Waals surface area contributed by atoms with Gasteiger partial charge in [0.15, 0.2) is 0 Å². The van der Waals surface area contributed by atoms with E-state index in [2.05, 4.69) is 0 Å². The van der Waals surface area contributed by atoms with E-state index in [1.165, 1.54) is 7.11 Å². The SMILES string of the molecule is COC(=O)c1ccc(C2CC(OC)CCN2C(=O)OCc2ccccc2)cc1Cl. The zero-order chi connectivity index (χ0) is 20.8. The average Bonchev–Trinajstić information content (AvgIpc) is 2.77. The van der Waals surface area contributed by atoms with Crippen LogP contribution in [0.2, 0.25) is 5.02 Å². The van der Waals surface area contributed by atoms with Crippen molar-refractivity contribution < 1.29 is 23.8 Å². The number of halogens is 1. The highest BCUT2D eigenvalue weighted by molar-refractivity contribution is 6.33. The molecule has 2 atom stereocenters. The van der Waals surface area contributed by atoms with Gasteiger partial charge in [-0.25, -0.2) is 9.59 Å². The molecule has 1 aliphatic rings. The molecule has 0 N–H and O–H groups in total. The van der Waals surface area contributed by atoms with Gasteiger partial charge in [-0.1, -0.05) is 48.0 Å². The highest BCUT2D eigenvalue weighted by atomic mass is 35.5. The van der Waals surface area contributed by atoms with Gasteiger partial charge in [-0.15, -0.1) is 0 Å². The summed E-state index contributed by atoms with van der Waals surface area (Å²) in [5.74, 6) is -0.501. The van der Waals surface area contributed by atoms with Gasteiger partial charge < -0.3 is 19.1 Å². The number of carbonyl (C=O) groups excluding carboxylic acids is 2. The first-order chi connectivity index (χ1) is 14.0. The van der Waals surface area contributed by atoms with Gasteiger partial charge in [0.1, 0.15) is 6.61 Å². The average molecular weight is 418 g/mol. The first-order valence-electron chi connectivity index (χ1n) is 9.41. The first kappa shape index (κ1) is 21.1. The van der Waals surface area contributed by atoms with Gasteiger partial charge in [0.25, 0.3) is 0 Å². The van der Waals surface area contributed by atoms with E-state index in [9.17, 15) is 9.59 Å². The zero-order valence-corrected chi connectivity index (χ0v) is 17.2. The molecular formula is C22H24ClNO5. The van der Waals surface area contributed by atoms with Crippen molar-refractivity contribution in [3.63, 3.8) is 0 Å². The number of benzene rings is 2. The molecule has 29 heavy (non-hydrogen) atoms. The highest BCUT2D eigenvalue weighted by Gasteiger charge is 2.34. The fraction of sp³-hybridized carbons (Fsp3) is 0.364. The second-order valence-electron chi connectivity index (χ2n) is 6.86. The van der Waals surface area contributed by atoms with E-state index in [4.69, 9.17) is 25.8 Å². The number of rotatable bonds is 5. The third-order valence-electron chi connectivity index (χ3n) is 5.11. The van der Waals surface area contributed by atoms with Crippen molar-refractivity contribution in [2.75, 3.05) is 20.8 Å². The van der Waals surface area contributed by atoms with Crippen LogP contribution in [0.5, 0.6) is 0 Å². The van der Waals surface area contributed by atoms with Gasteiger partial charge in [-0.2, -0.15) is 0 Å². The quantitative estimate of drug-likeness (QED) is 0.664. The standard InChI is InChI=1S/C22H24ClNO5/c1-27-17-10-11-24(22(26)29-14-15-6-4-3-5-7-15)20(13-17)16-8-9-18(19(23)12-16)21(25)28-2/h3-9,12,17,20H,10-11,13-14H2,1-2H3. The number of piperidine rings is 1. The van der Waals surface area contributed by atoms with Gasteiger partial charge >= 0.3 is 12.1 Å². The molecule has 1 fully saturated rings. The van der Waals surface area contributed by atoms with Crippen molar-refractivity contribution in [3.8, 4) is 0 Å². The maximum Gasteiger partial charge on any atom is 0.410 e. The van der Waals surface area contributed by atoms with Crippen LogP contribution in [-0.2, 0) is 20.8 Å². The second kappa shape index (κ2) is 9.76. The molecule has 0 bridgehead atoms. The summed E-state index contributed by atoms with van der Waals surface area (Å²) in [5, 5.41) is 0.284. The second-order valence-corrected chi connectivity index (χ2v) is 7.27. The fourth-order valence-electron chi connectivity index (χ4n) is 3.50. The highest BCUT2D eigenvalue weighted by Crippen LogP contribution is 2.35. The normalized spacial score (nSPS) is 18.9. The summed E-state index contributed by atoms with van der Waals surface area (Å²) in [4.78, 5) is 26.3. The Kier molecular flexibility index (Phi) is 7.12. The molecule has 1 amide bonds. The van der Waals surface area contributed by atoms with E-state index in [1.54, 1.807) is 30.2 Å². The minimum absolute atomic E-state index is 0.0252. The smallest absolute Gasteiger partial charge is 0.410 e. The number of hydrogen-bond donors (Lipinski definition) is 0. The van der Waals surface area contributed by atoms with Gasteiger partial charge in [-0.05, 0) is 36.1 Å². The predicted octanol–water partition coefficient (Wildman–Crippen LogP) is 4.62. The zero-order valence-electron chi connectivity index (χ0n) is 16.5. The molecule has 7 heteroatoms. The van der Waals surface area contributed by atoms with Crippen LogP contribution in [0.1, 0.15) is 40.4 Å². The molecule has 0 aromatic heterocycles. The van der Waals surface area contributed by atoms with Crippen LogP contribution >= 0.6 is 11.6 Å². The van der Waals surface area contributed by atoms with Gasteiger partial charge in [0.2, 0.25) is 0 Å². The third-order valence-corrected chi connectivity index (χ3v) is 5.42. The number of ether oxygens (including phenoxy) is 3. The maximum atomic E-state index is 12.8. The lowest BCUT2D eigenvalue weighted by molar-refractivity contribution is 0.00474. The molecule has 3 rings (SSSR count). The Morgan fingerprint density at radius 3 is 2.55 bits per heavy atom. The van der Waals surface area contributed by atoms with Gasteiger partial charge in [0, 0.05) is 13.7 Å². The molecule has 1 saturated heterocycles. The molecule has 0 saturated carbocycles. The van der Waals surface area contributed by atoms with Crippen molar-refractivity contribution in [1.29, 1.82) is 0 Å². The number of hydrogen-bond acceptors (Lipinski definition) is 5. The van der Waals surface area contributed by atoms with Crippen molar-refractivity contribution in [1.82, 2.24) is 4.90 Å². The monoisotopic (exact) mass is 417 g/mol. The predicted molar refractivity (Wildman–Crippen MR) is 109 cm³/mol. The van der Waals surface area contributed by atoms with Crippen LogP contribution in [0.25, 0.3) is 0 Å². The Balaban J connectivity index is 1.79. The maximum absolute atomic E-state index is 12.8. The van der Waals surface area contributed by atoms with Crippen LogP contribution in [0.3, 0.4) is 0 Å². The van der Waals surface area contributed by atoms with Crippen molar-refractivity contribution in [2.24, 2.45) is 0 Å². The summed E-state index contributed by atoms with van der Waals surface area (Å²) >= 11 is 6.29. The van der Waals surface area contributed by atoms with E-state index in [1.807, 2.05) is 30.3 Å². The summed E-state index contributed by atoms with van der Waals surface area (Å²) in [6, 6.07) is 14.4. The van der Waals surface area contributed by atoms with E-state index in [-0.39, 0.29) is 35.4 Å². The summed E-state index contributed by atoms with van der Waals surface area (Å²) < 4.78 is 15.8. The number of esters is 1. The minimum Gasteiger partial charge on any atom is -0.465 e. The van der Waals surface area contributed by atoms with Crippen LogP contribution in [0, 0.1) is 0 Å². The minimum atomic E-state index is -0.501. The lowest BCUT2D eigenvalue weighted by Crippen LogP contribution is -2.43. The van der Waals surface area contributed by atoms with Crippen LogP contribution in [0.4, 0.5) is 4.79 Å². The molecule has 2 aromatic rings. The number of methoxy groups -OCH3 is 2. The van der Waals surface area contributed by atoms with E-state index >= 15 is 0 Å². The molecule has 0 radical (unpaired) electrons. The van der Waals surface area contributed by atoms with E-state index in [0.29, 0.717) is 13.0 Å². The van der Waals surface area contributed by atoms with Crippen molar-refractivity contribution in [2.45, 2.75) is 31.6 Å². The Bertz CT molecular complexity index is 858. The number of amides is 1. The first-order valence-corrected chi connectivity index (χ1v) is 9.79. The Labute approximate surface area is 175 Å². The Hall–Kier alpha value is -2.57. The summed E-state index contributed by atoms with van der Waals surface area (Å²) in [5.41, 5.74) is 2.03. The van der Waals surface area contributed by atoms with Crippen LogP contribution in [0.15, 0.2) is 48.5 Å². The fourth-order valence-corrected chi connectivity index (χ4v) is 3.76. The molecule has 6 nitrogen and oxygen atoms in total. The molecule has 2 unspecified atom stereocenters. The summed E-state index contributed by atoms with van der Waals surface area (Å²) in [6.07, 6.45) is 0.977. The number of likely N-dealkylation sites (tertiary alicyclic amines) is 1. The molecule has 154 valence electrons. The molecule has 1 heterocycles. The largest absolute Gasteiger partial charge is 0.465 e. The van der Waals surface area contributed by atoms with E-state index in [0.717, 1.165) is 17.5 Å². The van der Waals surface area contributed by atoms with Gasteiger partial charge in [-0.3, -0.25) is 0 Å². The Morgan fingerprint density at radius 1 is 1.14 bits per heavy atom. The number of nitrogens with zero attached hydrogens (tertiary/aromatic N) is 1. The molecule has 1 aliphatic heterocycles. The third kappa shape index (κ3) is 5.08. The lowest BCUT2D eigenvalue weighted by atomic mass is 9.93. The molecule has 0 aliphatic carbocycles. The van der Waals surface area contributed by atoms with Crippen molar-refractivity contribution in [3.05, 3.63) is 70.2 Å². The van der Waals surface area contributed by atoms with Crippen molar-refractivity contribution >= 4 is 23.7 Å². The van der Waals surface area contributed by atoms with E-state index < -0.39 is 5.97 Å². The lowest BCUT2D eigenvalue weighted by Gasteiger charge is -2.38. The Morgan fingerprint density at radius 2 is 1.90 bits per heavy atom. The molecule has 0 spiro atoms. The van der Waals surface area contributed by atoms with Crippen LogP contribution < -0.4 is 0 Å². The van der Waals surface area contributed by atoms with Gasteiger partial charge in [0.05, 0.1) is 29.8 Å². The summed E-state index contributed by atoms with van der Waals surface area (Å²) in [6.45, 7) is 0.714. The molecule has 2 aromatic carbocycles. The number of carbonyl (C=O) groups is 2.